The van der Waals surface area contributed by atoms with Crippen LogP contribution in [-0.4, -0.2) is 43.6 Å². The Balaban J connectivity index is 2.69. The summed E-state index contributed by atoms with van der Waals surface area (Å²) < 4.78 is 18.3. The van der Waals surface area contributed by atoms with Crippen LogP contribution in [0, 0.1) is 5.82 Å². The maximum atomic E-state index is 13.1. The highest BCUT2D eigenvalue weighted by Gasteiger charge is 2.12. The summed E-state index contributed by atoms with van der Waals surface area (Å²) >= 11 is 0. The van der Waals surface area contributed by atoms with Crippen LogP contribution in [0.3, 0.4) is 0 Å². The molecule has 0 aliphatic carbocycles. The Bertz CT molecular complexity index is 371. The Labute approximate surface area is 107 Å². The summed E-state index contributed by atoms with van der Waals surface area (Å²) in [6.45, 7) is 2.98. The number of rotatable bonds is 7. The molecule has 102 valence electrons. The second-order valence-electron chi connectivity index (χ2n) is 4.14. The van der Waals surface area contributed by atoms with Gasteiger partial charge in [0.25, 0.3) is 0 Å². The van der Waals surface area contributed by atoms with E-state index in [1.54, 1.807) is 13.0 Å². The Morgan fingerprint density at radius 1 is 1.39 bits per heavy atom. The molecule has 4 nitrogen and oxygen atoms in total. The highest BCUT2D eigenvalue weighted by atomic mass is 19.1. The topological polar surface area (TPSA) is 52.9 Å². The van der Waals surface area contributed by atoms with Crippen LogP contribution in [0.5, 0.6) is 0 Å². The van der Waals surface area contributed by atoms with E-state index in [4.69, 9.17) is 9.84 Å². The lowest BCUT2D eigenvalue weighted by molar-refractivity contribution is 0.0970. The molecule has 0 aliphatic rings. The number of benzene rings is 1. The van der Waals surface area contributed by atoms with Gasteiger partial charge in [-0.2, -0.15) is 0 Å². The molecule has 5 heteroatoms. The highest BCUT2D eigenvalue weighted by molar-refractivity contribution is 5.54. The molecule has 1 aromatic rings. The van der Waals surface area contributed by atoms with E-state index in [-0.39, 0.29) is 12.4 Å². The molecule has 18 heavy (non-hydrogen) atoms. The van der Waals surface area contributed by atoms with Gasteiger partial charge in [-0.25, -0.2) is 4.39 Å². The van der Waals surface area contributed by atoms with Gasteiger partial charge in [0.15, 0.2) is 0 Å². The van der Waals surface area contributed by atoms with Gasteiger partial charge in [0.2, 0.25) is 0 Å². The van der Waals surface area contributed by atoms with E-state index in [1.807, 2.05) is 11.9 Å². The monoisotopic (exact) mass is 257 g/mol. The Morgan fingerprint density at radius 2 is 2.11 bits per heavy atom. The molecule has 0 unspecified atom stereocenters. The second-order valence-corrected chi connectivity index (χ2v) is 4.14. The summed E-state index contributed by atoms with van der Waals surface area (Å²) in [5.41, 5.74) is 1.33. The standard InChI is InChI=1S/C13H20FNO3/c1-10(17)12-9-11(14)3-4-13(12)15(2)5-7-18-8-6-16/h3-4,9-10,16-17H,5-8H2,1-2H3/t10-/m1/s1. The van der Waals surface area contributed by atoms with E-state index >= 15 is 0 Å². The SMILES string of the molecule is C[C@@H](O)c1cc(F)ccc1N(C)CCOCCO. The van der Waals surface area contributed by atoms with E-state index in [0.717, 1.165) is 5.69 Å². The van der Waals surface area contributed by atoms with Crippen molar-refractivity contribution in [3.63, 3.8) is 0 Å². The maximum absolute atomic E-state index is 13.1. The van der Waals surface area contributed by atoms with Crippen molar-refractivity contribution in [2.75, 3.05) is 38.3 Å². The lowest BCUT2D eigenvalue weighted by Gasteiger charge is -2.23. The van der Waals surface area contributed by atoms with E-state index in [2.05, 4.69) is 0 Å². The van der Waals surface area contributed by atoms with Gasteiger partial charge in [-0.3, -0.25) is 0 Å². The third-order valence-corrected chi connectivity index (χ3v) is 2.66. The van der Waals surface area contributed by atoms with Gasteiger partial charge in [-0.15, -0.1) is 0 Å². The van der Waals surface area contributed by atoms with Gasteiger partial charge in [-0.1, -0.05) is 0 Å². The zero-order chi connectivity index (χ0) is 13.5. The largest absolute Gasteiger partial charge is 0.394 e. The number of hydrogen-bond donors (Lipinski definition) is 2. The number of hydrogen-bond acceptors (Lipinski definition) is 4. The summed E-state index contributed by atoms with van der Waals surface area (Å²) in [5, 5.41) is 18.2. The van der Waals surface area contributed by atoms with Crippen LogP contribution < -0.4 is 4.90 Å². The summed E-state index contributed by atoms with van der Waals surface area (Å²) in [6.07, 6.45) is -0.725. The molecule has 0 fully saturated rings. The molecular formula is C13H20FNO3. The molecule has 0 saturated carbocycles. The van der Waals surface area contributed by atoms with Gasteiger partial charge < -0.3 is 19.8 Å². The predicted molar refractivity (Wildman–Crippen MR) is 68.2 cm³/mol. The van der Waals surface area contributed by atoms with Crippen LogP contribution in [0.2, 0.25) is 0 Å². The Kier molecular flexibility index (Phi) is 6.04. The zero-order valence-electron chi connectivity index (χ0n) is 10.8. The van der Waals surface area contributed by atoms with Gasteiger partial charge in [0, 0.05) is 24.8 Å². The van der Waals surface area contributed by atoms with Crippen molar-refractivity contribution in [1.29, 1.82) is 0 Å². The van der Waals surface area contributed by atoms with E-state index in [9.17, 15) is 9.50 Å². The van der Waals surface area contributed by atoms with Crippen LogP contribution in [0.4, 0.5) is 10.1 Å². The minimum atomic E-state index is -0.725. The smallest absolute Gasteiger partial charge is 0.123 e. The first-order valence-corrected chi connectivity index (χ1v) is 5.93. The minimum absolute atomic E-state index is 0.000807. The zero-order valence-corrected chi connectivity index (χ0v) is 10.8. The summed E-state index contributed by atoms with van der Waals surface area (Å²) in [4.78, 5) is 1.89. The molecule has 0 heterocycles. The lowest BCUT2D eigenvalue weighted by atomic mass is 10.1. The molecule has 2 N–H and O–H groups in total. The molecule has 1 rings (SSSR count). The molecule has 0 bridgehead atoms. The average Bonchev–Trinajstić information content (AvgIpc) is 2.34. The fraction of sp³-hybridized carbons (Fsp3) is 0.538. The highest BCUT2D eigenvalue weighted by Crippen LogP contribution is 2.26. The summed E-state index contributed by atoms with van der Waals surface area (Å²) in [6, 6.07) is 4.35. The van der Waals surface area contributed by atoms with Gasteiger partial charge in [0.1, 0.15) is 5.82 Å². The van der Waals surface area contributed by atoms with E-state index < -0.39 is 6.10 Å². The van der Waals surface area contributed by atoms with Crippen LogP contribution in [-0.2, 0) is 4.74 Å². The van der Waals surface area contributed by atoms with E-state index in [0.29, 0.717) is 25.3 Å². The van der Waals surface area contributed by atoms with Crippen molar-refractivity contribution in [3.05, 3.63) is 29.6 Å². The number of likely N-dealkylation sites (N-methyl/N-ethyl adjacent to an activating group) is 1. The van der Waals surface area contributed by atoms with Crippen LogP contribution in [0.25, 0.3) is 0 Å². The summed E-state index contributed by atoms with van der Waals surface area (Å²) in [7, 11) is 1.85. The minimum Gasteiger partial charge on any atom is -0.394 e. The molecule has 1 aromatic carbocycles. The molecule has 0 aromatic heterocycles. The van der Waals surface area contributed by atoms with Crippen LogP contribution in [0.15, 0.2) is 18.2 Å². The summed E-state index contributed by atoms with van der Waals surface area (Å²) in [5.74, 6) is -0.361. The number of halogens is 1. The first kappa shape index (κ1) is 14.9. The molecule has 0 spiro atoms. The fourth-order valence-corrected chi connectivity index (χ4v) is 1.70. The normalized spacial score (nSPS) is 12.5. The van der Waals surface area contributed by atoms with Crippen molar-refractivity contribution < 1.29 is 19.3 Å². The molecule has 0 amide bonds. The third-order valence-electron chi connectivity index (χ3n) is 2.66. The Hall–Kier alpha value is -1.17. The molecule has 1 atom stereocenters. The van der Waals surface area contributed by atoms with Crippen molar-refractivity contribution in [1.82, 2.24) is 0 Å². The molecule has 0 saturated heterocycles. The second kappa shape index (κ2) is 7.31. The Morgan fingerprint density at radius 3 is 2.72 bits per heavy atom. The molecule has 0 radical (unpaired) electrons. The predicted octanol–water partition coefficient (Wildman–Crippen LogP) is 1.32. The van der Waals surface area contributed by atoms with Crippen molar-refractivity contribution in [2.24, 2.45) is 0 Å². The van der Waals surface area contributed by atoms with Gasteiger partial charge in [0.05, 0.1) is 25.9 Å². The number of aliphatic hydroxyl groups is 2. The average molecular weight is 257 g/mol. The quantitative estimate of drug-likeness (QED) is 0.723. The van der Waals surface area contributed by atoms with Gasteiger partial charge in [-0.05, 0) is 25.1 Å². The maximum Gasteiger partial charge on any atom is 0.123 e. The van der Waals surface area contributed by atoms with Gasteiger partial charge >= 0.3 is 0 Å². The van der Waals surface area contributed by atoms with Crippen molar-refractivity contribution >= 4 is 5.69 Å². The van der Waals surface area contributed by atoms with Crippen molar-refractivity contribution in [3.8, 4) is 0 Å². The fourth-order valence-electron chi connectivity index (χ4n) is 1.70. The number of aliphatic hydroxyl groups excluding tert-OH is 2. The third kappa shape index (κ3) is 4.25. The van der Waals surface area contributed by atoms with Crippen molar-refractivity contribution in [2.45, 2.75) is 13.0 Å². The van der Waals surface area contributed by atoms with Crippen LogP contribution >= 0.6 is 0 Å². The number of ether oxygens (including phenoxy) is 1. The number of nitrogens with zero attached hydrogens (tertiary/aromatic N) is 1. The number of anilines is 1. The van der Waals surface area contributed by atoms with Crippen LogP contribution in [0.1, 0.15) is 18.6 Å². The first-order chi connectivity index (χ1) is 8.56. The molecule has 0 aliphatic heterocycles. The molecular weight excluding hydrogens is 237 g/mol. The van der Waals surface area contributed by atoms with E-state index in [1.165, 1.54) is 12.1 Å². The lowest BCUT2D eigenvalue weighted by Crippen LogP contribution is -2.24. The first-order valence-electron chi connectivity index (χ1n) is 5.93.